The van der Waals surface area contributed by atoms with Crippen molar-refractivity contribution >= 4 is 17.5 Å². The Labute approximate surface area is 231 Å². The van der Waals surface area contributed by atoms with Gasteiger partial charge >= 0.3 is 6.18 Å². The van der Waals surface area contributed by atoms with Crippen LogP contribution in [0.15, 0.2) is 48.8 Å². The molecule has 0 saturated carbocycles. The molecule has 1 atom stereocenters. The maximum atomic E-state index is 13.5. The standard InChI is InChI=1S/C30H32F3N5O2/c1-18-14-23(15-19(2)35-18)38-12-9-22(10-13-38)37(3)29(40)21-5-4-20-6-7-27(24(20)16-21)36-28(39)25-17-34-11-8-26(25)30(31,32)33/h4-5,8,11,14-17,22,27H,6-7,9-10,12-13H2,1-3H3,(H,36,39). The zero-order valence-electron chi connectivity index (χ0n) is 22.8. The number of anilines is 1. The smallest absolute Gasteiger partial charge is 0.371 e. The van der Waals surface area contributed by atoms with E-state index in [1.807, 2.05) is 27.0 Å². The first-order valence-electron chi connectivity index (χ1n) is 13.4. The first-order chi connectivity index (χ1) is 19.0. The van der Waals surface area contributed by atoms with Crippen LogP contribution in [0.1, 0.15) is 74.1 Å². The quantitative estimate of drug-likeness (QED) is 0.468. The van der Waals surface area contributed by atoms with E-state index in [1.165, 1.54) is 0 Å². The van der Waals surface area contributed by atoms with Crippen molar-refractivity contribution in [2.24, 2.45) is 0 Å². The zero-order chi connectivity index (χ0) is 28.6. The van der Waals surface area contributed by atoms with Gasteiger partial charge in [-0.2, -0.15) is 13.2 Å². The highest BCUT2D eigenvalue weighted by Crippen LogP contribution is 2.35. The summed E-state index contributed by atoms with van der Waals surface area (Å²) in [7, 11) is 1.82. The number of pyridine rings is 2. The predicted molar refractivity (Wildman–Crippen MR) is 145 cm³/mol. The second-order valence-electron chi connectivity index (χ2n) is 10.6. The number of benzene rings is 1. The molecule has 3 heterocycles. The lowest BCUT2D eigenvalue weighted by Crippen LogP contribution is -2.45. The molecule has 1 saturated heterocycles. The third-order valence-electron chi connectivity index (χ3n) is 7.91. The minimum absolute atomic E-state index is 0.0860. The number of alkyl halides is 3. The van der Waals surface area contributed by atoms with Crippen LogP contribution < -0.4 is 10.2 Å². The number of aryl methyl sites for hydroxylation is 3. The number of piperidine rings is 1. The van der Waals surface area contributed by atoms with Gasteiger partial charge in [0.2, 0.25) is 0 Å². The molecule has 5 rings (SSSR count). The van der Waals surface area contributed by atoms with E-state index in [9.17, 15) is 22.8 Å². The summed E-state index contributed by atoms with van der Waals surface area (Å²) >= 11 is 0. The van der Waals surface area contributed by atoms with Gasteiger partial charge in [0.15, 0.2) is 0 Å². The largest absolute Gasteiger partial charge is 0.417 e. The molecule has 40 heavy (non-hydrogen) atoms. The van der Waals surface area contributed by atoms with E-state index in [4.69, 9.17) is 0 Å². The average molecular weight is 552 g/mol. The van der Waals surface area contributed by atoms with Crippen molar-refractivity contribution in [3.8, 4) is 0 Å². The number of rotatable bonds is 5. The Balaban J connectivity index is 1.26. The normalized spacial score (nSPS) is 17.4. The highest BCUT2D eigenvalue weighted by atomic mass is 19.4. The lowest BCUT2D eigenvalue weighted by molar-refractivity contribution is -0.138. The summed E-state index contributed by atoms with van der Waals surface area (Å²) in [6.07, 6.45) is 0.158. The lowest BCUT2D eigenvalue weighted by atomic mass is 10.00. The van der Waals surface area contributed by atoms with Gasteiger partial charge in [-0.15, -0.1) is 0 Å². The molecule has 1 aliphatic carbocycles. The average Bonchev–Trinajstić information content (AvgIpc) is 3.33. The van der Waals surface area contributed by atoms with Gasteiger partial charge in [-0.05, 0) is 81.0 Å². The third-order valence-corrected chi connectivity index (χ3v) is 7.91. The SMILES string of the molecule is Cc1cc(N2CCC(N(C)C(=O)c3ccc4c(c3)C(NC(=O)c3cnccc3C(F)(F)F)CC4)CC2)cc(C)n1. The molecule has 0 spiro atoms. The molecular weight excluding hydrogens is 519 g/mol. The van der Waals surface area contributed by atoms with Crippen LogP contribution >= 0.6 is 0 Å². The second kappa shape index (κ2) is 10.9. The number of nitrogens with one attached hydrogen (secondary N) is 1. The van der Waals surface area contributed by atoms with Gasteiger partial charge in [0, 0.05) is 61.2 Å². The summed E-state index contributed by atoms with van der Waals surface area (Å²) in [6.45, 7) is 5.64. The molecule has 1 aliphatic heterocycles. The van der Waals surface area contributed by atoms with Crippen LogP contribution in [-0.4, -0.2) is 52.9 Å². The topological polar surface area (TPSA) is 78.4 Å². The van der Waals surface area contributed by atoms with Gasteiger partial charge in [-0.3, -0.25) is 19.6 Å². The van der Waals surface area contributed by atoms with Crippen molar-refractivity contribution < 1.29 is 22.8 Å². The fourth-order valence-electron chi connectivity index (χ4n) is 5.82. The molecule has 2 aromatic heterocycles. The van der Waals surface area contributed by atoms with Crippen molar-refractivity contribution in [2.45, 2.75) is 57.8 Å². The third kappa shape index (κ3) is 5.66. The number of carbonyl (C=O) groups is 2. The van der Waals surface area contributed by atoms with Gasteiger partial charge in [-0.25, -0.2) is 0 Å². The maximum Gasteiger partial charge on any atom is 0.417 e. The monoisotopic (exact) mass is 551 g/mol. The molecule has 0 bridgehead atoms. The van der Waals surface area contributed by atoms with Gasteiger partial charge in [0.25, 0.3) is 11.8 Å². The number of fused-ring (bicyclic) bond motifs is 1. The number of hydrogen-bond acceptors (Lipinski definition) is 5. The molecule has 1 aromatic carbocycles. The summed E-state index contributed by atoms with van der Waals surface area (Å²) in [5.41, 5.74) is 3.82. The van der Waals surface area contributed by atoms with Crippen molar-refractivity contribution in [1.29, 1.82) is 0 Å². The van der Waals surface area contributed by atoms with E-state index in [-0.39, 0.29) is 11.9 Å². The first kappa shape index (κ1) is 27.6. The molecule has 0 radical (unpaired) electrons. The van der Waals surface area contributed by atoms with Gasteiger partial charge in [0.05, 0.1) is 17.2 Å². The zero-order valence-corrected chi connectivity index (χ0v) is 22.8. The summed E-state index contributed by atoms with van der Waals surface area (Å²) < 4.78 is 40.3. The summed E-state index contributed by atoms with van der Waals surface area (Å²) in [6, 6.07) is 10.0. The maximum absolute atomic E-state index is 13.5. The van der Waals surface area contributed by atoms with E-state index in [0.29, 0.717) is 18.4 Å². The molecule has 3 aromatic rings. The summed E-state index contributed by atoms with van der Waals surface area (Å²) in [5.74, 6) is -0.945. The number of hydrogen-bond donors (Lipinski definition) is 1. The number of nitrogens with zero attached hydrogens (tertiary/aromatic N) is 4. The Bertz CT molecular complexity index is 1410. The fraction of sp³-hybridized carbons (Fsp3) is 0.400. The molecule has 1 fully saturated rings. The van der Waals surface area contributed by atoms with E-state index in [1.54, 1.807) is 17.0 Å². The van der Waals surface area contributed by atoms with Crippen molar-refractivity contribution in [1.82, 2.24) is 20.2 Å². The second-order valence-corrected chi connectivity index (χ2v) is 10.6. The van der Waals surface area contributed by atoms with Crippen LogP contribution in [0.2, 0.25) is 0 Å². The van der Waals surface area contributed by atoms with Crippen LogP contribution in [0.5, 0.6) is 0 Å². The van der Waals surface area contributed by atoms with Gasteiger partial charge in [0.1, 0.15) is 0 Å². The molecular formula is C30H32F3N5O2. The molecule has 7 nitrogen and oxygen atoms in total. The Morgan fingerprint density at radius 1 is 1.02 bits per heavy atom. The van der Waals surface area contributed by atoms with E-state index in [2.05, 4.69) is 32.3 Å². The fourth-order valence-corrected chi connectivity index (χ4v) is 5.82. The Morgan fingerprint density at radius 3 is 2.40 bits per heavy atom. The highest BCUT2D eigenvalue weighted by Gasteiger charge is 2.36. The minimum atomic E-state index is -4.67. The van der Waals surface area contributed by atoms with Crippen LogP contribution in [0, 0.1) is 13.8 Å². The predicted octanol–water partition coefficient (Wildman–Crippen LogP) is 5.27. The van der Waals surface area contributed by atoms with E-state index >= 15 is 0 Å². The highest BCUT2D eigenvalue weighted by molar-refractivity contribution is 5.96. The molecule has 210 valence electrons. The molecule has 2 amide bonds. The van der Waals surface area contributed by atoms with Crippen molar-refractivity contribution in [3.05, 3.63) is 88.0 Å². The summed E-state index contributed by atoms with van der Waals surface area (Å²) in [4.78, 5) is 38.6. The lowest BCUT2D eigenvalue weighted by Gasteiger charge is -2.38. The number of halogens is 3. The molecule has 10 heteroatoms. The Morgan fingerprint density at radius 2 is 1.73 bits per heavy atom. The number of carbonyl (C=O) groups excluding carboxylic acids is 2. The molecule has 2 aliphatic rings. The van der Waals surface area contributed by atoms with Crippen LogP contribution in [0.4, 0.5) is 18.9 Å². The van der Waals surface area contributed by atoms with E-state index in [0.717, 1.165) is 72.6 Å². The molecule has 1 unspecified atom stereocenters. The van der Waals surface area contributed by atoms with E-state index < -0.39 is 29.3 Å². The Kier molecular flexibility index (Phi) is 7.53. The van der Waals surface area contributed by atoms with Crippen molar-refractivity contribution in [2.75, 3.05) is 25.0 Å². The van der Waals surface area contributed by atoms with Gasteiger partial charge < -0.3 is 15.1 Å². The number of amides is 2. The van der Waals surface area contributed by atoms with Crippen LogP contribution in [-0.2, 0) is 12.6 Å². The first-order valence-corrected chi connectivity index (χ1v) is 13.4. The minimum Gasteiger partial charge on any atom is -0.371 e. The van der Waals surface area contributed by atoms with Crippen LogP contribution in [0.25, 0.3) is 0 Å². The van der Waals surface area contributed by atoms with Crippen molar-refractivity contribution in [3.63, 3.8) is 0 Å². The summed E-state index contributed by atoms with van der Waals surface area (Å²) in [5, 5.41) is 2.74. The van der Waals surface area contributed by atoms with Crippen LogP contribution in [0.3, 0.4) is 0 Å². The van der Waals surface area contributed by atoms with Gasteiger partial charge in [-0.1, -0.05) is 6.07 Å². The number of aromatic nitrogens is 2. The molecule has 1 N–H and O–H groups in total. The Hall–Kier alpha value is -3.95.